The molecule has 1 aliphatic rings. The van der Waals surface area contributed by atoms with Crippen molar-refractivity contribution in [3.63, 3.8) is 0 Å². The fraction of sp³-hybridized carbons (Fsp3) is 0.533. The van der Waals surface area contributed by atoms with Gasteiger partial charge in [-0.3, -0.25) is 4.79 Å². The minimum atomic E-state index is -0.00249. The van der Waals surface area contributed by atoms with Gasteiger partial charge in [0.05, 0.1) is 6.04 Å². The van der Waals surface area contributed by atoms with E-state index in [1.807, 2.05) is 12.1 Å². The van der Waals surface area contributed by atoms with Gasteiger partial charge in [-0.1, -0.05) is 42.7 Å². The first-order chi connectivity index (χ1) is 8.75. The van der Waals surface area contributed by atoms with Crippen LogP contribution in [0.25, 0.3) is 0 Å². The first kappa shape index (κ1) is 13.1. The van der Waals surface area contributed by atoms with Gasteiger partial charge in [-0.2, -0.15) is 0 Å². The molecule has 0 aromatic heterocycles. The van der Waals surface area contributed by atoms with Gasteiger partial charge < -0.3 is 10.6 Å². The molecule has 0 bridgehead atoms. The summed E-state index contributed by atoms with van der Waals surface area (Å²) >= 11 is 0. The Morgan fingerprint density at radius 1 is 1.39 bits per heavy atom. The highest BCUT2D eigenvalue weighted by Gasteiger charge is 2.18. The molecule has 0 spiro atoms. The smallest absolute Gasteiger partial charge is 0.237 e. The zero-order chi connectivity index (χ0) is 12.8. The number of amides is 1. The lowest BCUT2D eigenvalue weighted by Crippen LogP contribution is -2.43. The van der Waals surface area contributed by atoms with E-state index in [9.17, 15) is 4.79 Å². The monoisotopic (exact) mass is 246 g/mol. The number of benzene rings is 1. The molecule has 3 heteroatoms. The van der Waals surface area contributed by atoms with E-state index in [0.717, 1.165) is 24.9 Å². The van der Waals surface area contributed by atoms with E-state index in [0.29, 0.717) is 6.54 Å². The van der Waals surface area contributed by atoms with Crippen molar-refractivity contribution in [1.29, 1.82) is 0 Å². The molecule has 2 rings (SSSR count). The predicted molar refractivity (Wildman–Crippen MR) is 73.3 cm³/mol. The van der Waals surface area contributed by atoms with Gasteiger partial charge in [0.15, 0.2) is 0 Å². The minimum Gasteiger partial charge on any atom is -0.351 e. The van der Waals surface area contributed by atoms with E-state index in [1.165, 1.54) is 18.4 Å². The van der Waals surface area contributed by atoms with Crippen LogP contribution < -0.4 is 10.6 Å². The van der Waals surface area contributed by atoms with E-state index < -0.39 is 0 Å². The molecule has 98 valence electrons. The van der Waals surface area contributed by atoms with E-state index in [-0.39, 0.29) is 11.9 Å². The molecule has 3 nitrogen and oxygen atoms in total. The van der Waals surface area contributed by atoms with Gasteiger partial charge in [0.25, 0.3) is 0 Å². The third-order valence-corrected chi connectivity index (χ3v) is 3.43. The van der Waals surface area contributed by atoms with Gasteiger partial charge in [0.2, 0.25) is 5.91 Å². The lowest BCUT2D eigenvalue weighted by Gasteiger charge is -2.15. The summed E-state index contributed by atoms with van der Waals surface area (Å²) in [5.41, 5.74) is 2.39. The molecule has 1 atom stereocenters. The topological polar surface area (TPSA) is 41.1 Å². The second-order valence-electron chi connectivity index (χ2n) is 5.06. The van der Waals surface area contributed by atoms with Crippen LogP contribution in [0.15, 0.2) is 24.3 Å². The molecule has 1 aliphatic heterocycles. The molecular weight excluding hydrogens is 224 g/mol. The largest absolute Gasteiger partial charge is 0.351 e. The van der Waals surface area contributed by atoms with E-state index in [2.05, 4.69) is 29.7 Å². The van der Waals surface area contributed by atoms with Crippen molar-refractivity contribution in [2.24, 2.45) is 0 Å². The zero-order valence-corrected chi connectivity index (χ0v) is 11.0. The minimum absolute atomic E-state index is 0.00249. The standard InChI is InChI=1S/C15H22N2O/c1-12-6-5-7-13(10-12)11-17-15(18)14-8-3-2-4-9-16-14/h5-7,10,14,16H,2-4,8-9,11H2,1H3,(H,17,18). The summed E-state index contributed by atoms with van der Waals surface area (Å²) in [4.78, 5) is 12.0. The Labute approximate surface area is 109 Å². The molecule has 0 saturated carbocycles. The normalized spacial score (nSPS) is 20.2. The maximum absolute atomic E-state index is 12.0. The maximum Gasteiger partial charge on any atom is 0.237 e. The van der Waals surface area contributed by atoms with Crippen LogP contribution in [0.2, 0.25) is 0 Å². The Hall–Kier alpha value is -1.35. The van der Waals surface area contributed by atoms with E-state index in [4.69, 9.17) is 0 Å². The van der Waals surface area contributed by atoms with Crippen molar-refractivity contribution in [3.8, 4) is 0 Å². The third-order valence-electron chi connectivity index (χ3n) is 3.43. The number of carbonyl (C=O) groups excluding carboxylic acids is 1. The lowest BCUT2D eigenvalue weighted by atomic mass is 10.1. The summed E-state index contributed by atoms with van der Waals surface area (Å²) in [6.07, 6.45) is 4.52. The van der Waals surface area contributed by atoms with Crippen molar-refractivity contribution in [1.82, 2.24) is 10.6 Å². The molecule has 1 aromatic carbocycles. The number of hydrogen-bond acceptors (Lipinski definition) is 2. The third kappa shape index (κ3) is 3.84. The molecule has 1 heterocycles. The van der Waals surface area contributed by atoms with Crippen LogP contribution in [-0.2, 0) is 11.3 Å². The highest BCUT2D eigenvalue weighted by molar-refractivity contribution is 5.81. The molecule has 0 radical (unpaired) electrons. The molecule has 1 saturated heterocycles. The summed E-state index contributed by atoms with van der Waals surface area (Å²) in [7, 11) is 0. The highest BCUT2D eigenvalue weighted by Crippen LogP contribution is 2.09. The number of nitrogens with one attached hydrogen (secondary N) is 2. The summed E-state index contributed by atoms with van der Waals surface area (Å²) < 4.78 is 0. The Morgan fingerprint density at radius 3 is 3.11 bits per heavy atom. The number of hydrogen-bond donors (Lipinski definition) is 2. The van der Waals surface area contributed by atoms with Crippen LogP contribution in [0, 0.1) is 6.92 Å². The average molecular weight is 246 g/mol. The van der Waals surface area contributed by atoms with Crippen LogP contribution in [0.3, 0.4) is 0 Å². The fourth-order valence-electron chi connectivity index (χ4n) is 2.39. The van der Waals surface area contributed by atoms with Crippen molar-refractivity contribution in [2.75, 3.05) is 6.54 Å². The average Bonchev–Trinajstić information content (AvgIpc) is 2.65. The predicted octanol–water partition coefficient (Wildman–Crippen LogP) is 2.14. The second kappa shape index (κ2) is 6.55. The molecular formula is C15H22N2O. The molecule has 1 fully saturated rings. The van der Waals surface area contributed by atoms with Crippen molar-refractivity contribution in [2.45, 2.75) is 45.2 Å². The fourth-order valence-corrected chi connectivity index (χ4v) is 2.39. The molecule has 1 aromatic rings. The molecule has 1 unspecified atom stereocenters. The van der Waals surface area contributed by atoms with Gasteiger partial charge in [-0.05, 0) is 31.9 Å². The van der Waals surface area contributed by atoms with Gasteiger partial charge in [0.1, 0.15) is 0 Å². The van der Waals surface area contributed by atoms with Gasteiger partial charge >= 0.3 is 0 Å². The molecule has 0 aliphatic carbocycles. The van der Waals surface area contributed by atoms with Gasteiger partial charge in [-0.15, -0.1) is 0 Å². The van der Waals surface area contributed by atoms with Crippen LogP contribution in [0.4, 0.5) is 0 Å². The van der Waals surface area contributed by atoms with Crippen LogP contribution in [0.5, 0.6) is 0 Å². The van der Waals surface area contributed by atoms with Crippen molar-refractivity contribution >= 4 is 5.91 Å². The van der Waals surface area contributed by atoms with E-state index in [1.54, 1.807) is 0 Å². The highest BCUT2D eigenvalue weighted by atomic mass is 16.2. The summed E-state index contributed by atoms with van der Waals surface area (Å²) in [5.74, 6) is 0.137. The first-order valence-electron chi connectivity index (χ1n) is 6.82. The maximum atomic E-state index is 12.0. The van der Waals surface area contributed by atoms with Crippen LogP contribution in [-0.4, -0.2) is 18.5 Å². The number of rotatable bonds is 3. The number of carbonyl (C=O) groups is 1. The quantitative estimate of drug-likeness (QED) is 0.858. The van der Waals surface area contributed by atoms with E-state index >= 15 is 0 Å². The van der Waals surface area contributed by atoms with Crippen LogP contribution >= 0.6 is 0 Å². The van der Waals surface area contributed by atoms with Crippen LogP contribution in [0.1, 0.15) is 36.8 Å². The van der Waals surface area contributed by atoms with Crippen molar-refractivity contribution < 1.29 is 4.79 Å². The van der Waals surface area contributed by atoms with Gasteiger partial charge in [-0.25, -0.2) is 0 Å². The Balaban J connectivity index is 1.83. The molecule has 18 heavy (non-hydrogen) atoms. The molecule has 2 N–H and O–H groups in total. The lowest BCUT2D eigenvalue weighted by molar-refractivity contribution is -0.123. The zero-order valence-electron chi connectivity index (χ0n) is 11.0. The summed E-state index contributed by atoms with van der Waals surface area (Å²) in [5, 5.41) is 6.34. The summed E-state index contributed by atoms with van der Waals surface area (Å²) in [6.45, 7) is 3.65. The first-order valence-corrected chi connectivity index (χ1v) is 6.82. The SMILES string of the molecule is Cc1cccc(CNC(=O)C2CCCCCN2)c1. The molecule has 1 amide bonds. The Bertz CT molecular complexity index is 395. The summed E-state index contributed by atoms with van der Waals surface area (Å²) in [6, 6.07) is 8.25. The Morgan fingerprint density at radius 2 is 2.28 bits per heavy atom. The second-order valence-corrected chi connectivity index (χ2v) is 5.06. The Kier molecular flexibility index (Phi) is 4.76. The van der Waals surface area contributed by atoms with Crippen molar-refractivity contribution in [3.05, 3.63) is 35.4 Å². The number of aryl methyl sites for hydroxylation is 1. The van der Waals surface area contributed by atoms with Gasteiger partial charge in [0, 0.05) is 6.54 Å².